The van der Waals surface area contributed by atoms with E-state index in [0.29, 0.717) is 11.3 Å². The predicted molar refractivity (Wildman–Crippen MR) is 103 cm³/mol. The smallest absolute Gasteiger partial charge is 0.335 e. The molecule has 3 N–H and O–H groups in total. The van der Waals surface area contributed by atoms with E-state index in [0.717, 1.165) is 22.4 Å². The normalized spacial score (nSPS) is 10.7. The van der Waals surface area contributed by atoms with E-state index < -0.39 is 5.97 Å². The van der Waals surface area contributed by atoms with Gasteiger partial charge in [-0.05, 0) is 60.7 Å². The molecular formula is C21H15N3O3. The number of hydrogen-bond acceptors (Lipinski definition) is 3. The molecule has 0 aliphatic carbocycles. The summed E-state index contributed by atoms with van der Waals surface area (Å²) in [6, 6.07) is 20.9. The number of para-hydroxylation sites is 2. The number of aromatic nitrogens is 2. The lowest BCUT2D eigenvalue weighted by Gasteiger charge is -2.06. The van der Waals surface area contributed by atoms with Crippen LogP contribution in [0.3, 0.4) is 0 Å². The van der Waals surface area contributed by atoms with Crippen molar-refractivity contribution in [3.63, 3.8) is 0 Å². The fourth-order valence-corrected chi connectivity index (χ4v) is 2.77. The van der Waals surface area contributed by atoms with Crippen LogP contribution in [-0.2, 0) is 0 Å². The Balaban J connectivity index is 1.50. The van der Waals surface area contributed by atoms with Crippen molar-refractivity contribution in [3.05, 3.63) is 83.9 Å². The summed E-state index contributed by atoms with van der Waals surface area (Å²) < 4.78 is 0. The van der Waals surface area contributed by atoms with E-state index in [2.05, 4.69) is 15.3 Å². The Bertz CT molecular complexity index is 1100. The summed E-state index contributed by atoms with van der Waals surface area (Å²) in [6.07, 6.45) is 0. The van der Waals surface area contributed by atoms with E-state index in [4.69, 9.17) is 5.11 Å². The van der Waals surface area contributed by atoms with Gasteiger partial charge in [0.1, 0.15) is 5.82 Å². The number of aromatic carboxylic acids is 1. The second kappa shape index (κ2) is 6.76. The minimum absolute atomic E-state index is 0.140. The molecule has 0 unspecified atom stereocenters. The standard InChI is InChI=1S/C21H15N3O3/c25-20(14-5-7-15(8-6-14)21(26)27)22-16-11-9-13(10-12-16)19-23-17-3-1-2-4-18(17)24-19/h1-12H,(H,22,25)(H,23,24)(H,26,27). The summed E-state index contributed by atoms with van der Waals surface area (Å²) >= 11 is 0. The third kappa shape index (κ3) is 3.41. The van der Waals surface area contributed by atoms with Crippen molar-refractivity contribution in [2.24, 2.45) is 0 Å². The highest BCUT2D eigenvalue weighted by atomic mass is 16.4. The van der Waals surface area contributed by atoms with Crippen molar-refractivity contribution in [2.75, 3.05) is 5.32 Å². The largest absolute Gasteiger partial charge is 0.478 e. The molecule has 0 aliphatic rings. The summed E-state index contributed by atoms with van der Waals surface area (Å²) in [6.45, 7) is 0. The number of nitrogens with zero attached hydrogens (tertiary/aromatic N) is 1. The number of amides is 1. The van der Waals surface area contributed by atoms with E-state index in [1.807, 2.05) is 36.4 Å². The first kappa shape index (κ1) is 16.5. The van der Waals surface area contributed by atoms with Crippen LogP contribution >= 0.6 is 0 Å². The minimum Gasteiger partial charge on any atom is -0.478 e. The van der Waals surface area contributed by atoms with Crippen LogP contribution in [0.25, 0.3) is 22.4 Å². The van der Waals surface area contributed by atoms with E-state index >= 15 is 0 Å². The maximum absolute atomic E-state index is 12.3. The van der Waals surface area contributed by atoms with Crippen LogP contribution < -0.4 is 5.32 Å². The molecule has 4 aromatic rings. The monoisotopic (exact) mass is 357 g/mol. The van der Waals surface area contributed by atoms with Crippen molar-refractivity contribution in [3.8, 4) is 11.4 Å². The number of imidazole rings is 1. The van der Waals surface area contributed by atoms with Gasteiger partial charge in [-0.2, -0.15) is 0 Å². The lowest BCUT2D eigenvalue weighted by atomic mass is 10.1. The molecule has 0 aliphatic heterocycles. The quantitative estimate of drug-likeness (QED) is 0.510. The number of carboxylic acid groups (broad SMARTS) is 1. The van der Waals surface area contributed by atoms with E-state index in [9.17, 15) is 9.59 Å². The first-order chi connectivity index (χ1) is 13.1. The minimum atomic E-state index is -1.02. The van der Waals surface area contributed by atoms with Crippen LogP contribution in [0.2, 0.25) is 0 Å². The van der Waals surface area contributed by atoms with Gasteiger partial charge in [0.05, 0.1) is 16.6 Å². The number of hydrogen-bond donors (Lipinski definition) is 3. The van der Waals surface area contributed by atoms with Crippen LogP contribution in [-0.4, -0.2) is 27.0 Å². The van der Waals surface area contributed by atoms with Crippen LogP contribution in [0.4, 0.5) is 5.69 Å². The SMILES string of the molecule is O=C(O)c1ccc(C(=O)Nc2ccc(-c3nc4ccccc4[nH]3)cc2)cc1. The number of H-pyrrole nitrogens is 1. The predicted octanol–water partition coefficient (Wildman–Crippen LogP) is 4.18. The molecule has 0 spiro atoms. The fraction of sp³-hybridized carbons (Fsp3) is 0. The van der Waals surface area contributed by atoms with Crippen LogP contribution in [0.5, 0.6) is 0 Å². The van der Waals surface area contributed by atoms with Crippen molar-refractivity contribution < 1.29 is 14.7 Å². The fourth-order valence-electron chi connectivity index (χ4n) is 2.77. The third-order valence-electron chi connectivity index (χ3n) is 4.20. The molecule has 132 valence electrons. The van der Waals surface area contributed by atoms with Gasteiger partial charge in [-0.15, -0.1) is 0 Å². The topological polar surface area (TPSA) is 95.1 Å². The van der Waals surface area contributed by atoms with Gasteiger partial charge in [0, 0.05) is 16.8 Å². The lowest BCUT2D eigenvalue weighted by Crippen LogP contribution is -2.12. The number of aromatic amines is 1. The molecule has 1 amide bonds. The number of fused-ring (bicyclic) bond motifs is 1. The van der Waals surface area contributed by atoms with Crippen LogP contribution in [0, 0.1) is 0 Å². The number of nitrogens with one attached hydrogen (secondary N) is 2. The molecule has 4 rings (SSSR count). The van der Waals surface area contributed by atoms with Crippen molar-refractivity contribution >= 4 is 28.6 Å². The number of benzene rings is 3. The van der Waals surface area contributed by atoms with Gasteiger partial charge < -0.3 is 15.4 Å². The second-order valence-corrected chi connectivity index (χ2v) is 6.02. The van der Waals surface area contributed by atoms with Gasteiger partial charge in [-0.1, -0.05) is 12.1 Å². The zero-order valence-electron chi connectivity index (χ0n) is 14.1. The number of anilines is 1. The van der Waals surface area contributed by atoms with Crippen molar-refractivity contribution in [1.82, 2.24) is 9.97 Å². The maximum Gasteiger partial charge on any atom is 0.335 e. The number of carbonyl (C=O) groups is 2. The molecular weight excluding hydrogens is 342 g/mol. The summed E-state index contributed by atoms with van der Waals surface area (Å²) in [5, 5.41) is 11.7. The summed E-state index contributed by atoms with van der Waals surface area (Å²) in [5.41, 5.74) is 3.95. The third-order valence-corrected chi connectivity index (χ3v) is 4.20. The summed E-state index contributed by atoms with van der Waals surface area (Å²) in [5.74, 6) is -0.565. The second-order valence-electron chi connectivity index (χ2n) is 6.02. The Morgan fingerprint density at radius 3 is 2.19 bits per heavy atom. The lowest BCUT2D eigenvalue weighted by molar-refractivity contribution is 0.0696. The molecule has 0 atom stereocenters. The molecule has 0 saturated heterocycles. The average Bonchev–Trinajstić information content (AvgIpc) is 3.13. The van der Waals surface area contributed by atoms with Gasteiger partial charge in [0.2, 0.25) is 0 Å². The van der Waals surface area contributed by atoms with Crippen molar-refractivity contribution in [1.29, 1.82) is 0 Å². The van der Waals surface area contributed by atoms with Gasteiger partial charge in [0.25, 0.3) is 5.91 Å². The number of rotatable bonds is 4. The molecule has 1 aromatic heterocycles. The van der Waals surface area contributed by atoms with Gasteiger partial charge >= 0.3 is 5.97 Å². The number of carboxylic acids is 1. The average molecular weight is 357 g/mol. The highest BCUT2D eigenvalue weighted by molar-refractivity contribution is 6.04. The van der Waals surface area contributed by atoms with Crippen LogP contribution in [0.15, 0.2) is 72.8 Å². The van der Waals surface area contributed by atoms with E-state index in [1.54, 1.807) is 12.1 Å². The summed E-state index contributed by atoms with van der Waals surface area (Å²) in [4.78, 5) is 31.0. The Kier molecular flexibility index (Phi) is 4.14. The summed E-state index contributed by atoms with van der Waals surface area (Å²) in [7, 11) is 0. The highest BCUT2D eigenvalue weighted by Gasteiger charge is 2.09. The first-order valence-corrected chi connectivity index (χ1v) is 8.30. The Hall–Kier alpha value is -3.93. The van der Waals surface area contributed by atoms with E-state index in [1.165, 1.54) is 24.3 Å². The first-order valence-electron chi connectivity index (χ1n) is 8.30. The Morgan fingerprint density at radius 1 is 0.852 bits per heavy atom. The van der Waals surface area contributed by atoms with Gasteiger partial charge in [-0.25, -0.2) is 9.78 Å². The zero-order valence-corrected chi connectivity index (χ0v) is 14.1. The molecule has 6 nitrogen and oxygen atoms in total. The van der Waals surface area contributed by atoms with Gasteiger partial charge in [0.15, 0.2) is 0 Å². The molecule has 6 heteroatoms. The number of carbonyl (C=O) groups excluding carboxylic acids is 1. The zero-order chi connectivity index (χ0) is 18.8. The van der Waals surface area contributed by atoms with Crippen molar-refractivity contribution in [2.45, 2.75) is 0 Å². The molecule has 3 aromatic carbocycles. The highest BCUT2D eigenvalue weighted by Crippen LogP contribution is 2.22. The molecule has 0 radical (unpaired) electrons. The van der Waals surface area contributed by atoms with Gasteiger partial charge in [-0.3, -0.25) is 4.79 Å². The molecule has 27 heavy (non-hydrogen) atoms. The Labute approximate surface area is 154 Å². The maximum atomic E-state index is 12.3. The molecule has 1 heterocycles. The molecule has 0 saturated carbocycles. The molecule has 0 fully saturated rings. The van der Waals surface area contributed by atoms with E-state index in [-0.39, 0.29) is 11.5 Å². The van der Waals surface area contributed by atoms with Crippen LogP contribution in [0.1, 0.15) is 20.7 Å². The Morgan fingerprint density at radius 2 is 1.52 bits per heavy atom. The molecule has 0 bridgehead atoms.